The van der Waals surface area contributed by atoms with Gasteiger partial charge in [-0.25, -0.2) is 19.9 Å². The van der Waals surface area contributed by atoms with Gasteiger partial charge in [-0.1, -0.05) is 194 Å². The highest BCUT2D eigenvalue weighted by Gasteiger charge is 2.17. The molecule has 0 fully saturated rings. The highest BCUT2D eigenvalue weighted by Crippen LogP contribution is 2.44. The van der Waals surface area contributed by atoms with E-state index in [0.29, 0.717) is 11.6 Å². The first-order chi connectivity index (χ1) is 30.8. The number of hydrogen-bond acceptors (Lipinski definition) is 4. The van der Waals surface area contributed by atoms with Crippen LogP contribution in [0.15, 0.2) is 219 Å². The maximum atomic E-state index is 5.31. The summed E-state index contributed by atoms with van der Waals surface area (Å²) in [6, 6.07) is 73.7. The van der Waals surface area contributed by atoms with Crippen molar-refractivity contribution in [2.75, 3.05) is 0 Å². The van der Waals surface area contributed by atoms with Crippen LogP contribution in [0.5, 0.6) is 0 Å². The molecule has 12 aromatic rings. The van der Waals surface area contributed by atoms with Gasteiger partial charge in [-0.15, -0.1) is 0 Å². The largest absolute Gasteiger partial charge is 0.236 e. The van der Waals surface area contributed by atoms with Crippen LogP contribution in [0.1, 0.15) is 0 Å². The minimum absolute atomic E-state index is 0.564. The lowest BCUT2D eigenvalue weighted by Crippen LogP contribution is -1.98. The van der Waals surface area contributed by atoms with Crippen LogP contribution in [0.2, 0.25) is 0 Å². The molecule has 0 atom stereocenters. The number of rotatable bonds is 4. The van der Waals surface area contributed by atoms with E-state index in [1.807, 2.05) is 60.9 Å². The van der Waals surface area contributed by atoms with Gasteiger partial charge in [0.05, 0.1) is 17.0 Å². The second-order valence-corrected chi connectivity index (χ2v) is 15.7. The quantitative estimate of drug-likeness (QED) is 0.167. The van der Waals surface area contributed by atoms with Crippen molar-refractivity contribution in [2.24, 2.45) is 0 Å². The second kappa shape index (κ2) is 14.7. The van der Waals surface area contributed by atoms with Crippen LogP contribution >= 0.6 is 0 Å². The molecule has 2 heterocycles. The Hall–Kier alpha value is -8.34. The van der Waals surface area contributed by atoms with Gasteiger partial charge in [0.15, 0.2) is 11.6 Å². The molecule has 0 saturated heterocycles. The zero-order valence-electron chi connectivity index (χ0n) is 33.6. The summed E-state index contributed by atoms with van der Waals surface area (Å²) in [4.78, 5) is 20.0. The molecular weight excluding hydrogens is 753 g/mol. The summed E-state index contributed by atoms with van der Waals surface area (Å²) in [7, 11) is 0. The van der Waals surface area contributed by atoms with Crippen molar-refractivity contribution in [2.45, 2.75) is 0 Å². The van der Waals surface area contributed by atoms with Gasteiger partial charge in [0, 0.05) is 29.1 Å². The van der Waals surface area contributed by atoms with Gasteiger partial charge in [-0.05, 0) is 87.5 Å². The van der Waals surface area contributed by atoms with Crippen LogP contribution < -0.4 is 0 Å². The van der Waals surface area contributed by atoms with Crippen molar-refractivity contribution in [1.29, 1.82) is 0 Å². The Kier molecular flexibility index (Phi) is 8.46. The topological polar surface area (TPSA) is 51.6 Å². The number of benzene rings is 9. The summed E-state index contributed by atoms with van der Waals surface area (Å²) in [5.41, 5.74) is 5.33. The Bertz CT molecular complexity index is 3790. The van der Waals surface area contributed by atoms with E-state index in [1.54, 1.807) is 0 Å². The summed E-state index contributed by atoms with van der Waals surface area (Å²) >= 11 is 0. The summed E-state index contributed by atoms with van der Waals surface area (Å²) in [6.45, 7) is 0. The Balaban J connectivity index is 1.25. The molecule has 0 amide bonds. The summed E-state index contributed by atoms with van der Waals surface area (Å²) in [5, 5.41) is 16.7. The first kappa shape index (κ1) is 35.6. The third-order valence-electron chi connectivity index (χ3n) is 12.2. The van der Waals surface area contributed by atoms with Crippen LogP contribution in [0, 0.1) is 0 Å². The molecule has 0 spiro atoms. The molecule has 0 aliphatic rings. The Morgan fingerprint density at radius 1 is 0.226 bits per heavy atom. The Morgan fingerprint density at radius 2 is 0.581 bits per heavy atom. The first-order valence-electron chi connectivity index (χ1n) is 21.0. The van der Waals surface area contributed by atoms with Gasteiger partial charge >= 0.3 is 0 Å². The van der Waals surface area contributed by atoms with Crippen LogP contribution in [-0.4, -0.2) is 19.9 Å². The zero-order chi connectivity index (χ0) is 41.0. The van der Waals surface area contributed by atoms with Gasteiger partial charge in [0.1, 0.15) is 0 Å². The van der Waals surface area contributed by atoms with Crippen LogP contribution in [0.4, 0.5) is 0 Å². The van der Waals surface area contributed by atoms with Crippen molar-refractivity contribution < 1.29 is 0 Å². The lowest BCUT2D eigenvalue weighted by molar-refractivity contribution is 1.13. The van der Waals surface area contributed by atoms with E-state index < -0.39 is 0 Å². The molecule has 62 heavy (non-hydrogen) atoms. The fraction of sp³-hybridized carbons (Fsp3) is 0. The normalized spacial score (nSPS) is 11.5. The van der Waals surface area contributed by atoms with E-state index in [-0.39, 0.29) is 0 Å². The molecule has 0 N–H and O–H groups in total. The average molecular weight is 789 g/mol. The van der Waals surface area contributed by atoms with Gasteiger partial charge in [0.25, 0.3) is 0 Å². The van der Waals surface area contributed by atoms with Crippen molar-refractivity contribution >= 4 is 75.4 Å². The molecule has 0 aliphatic carbocycles. The molecular formula is C58H36N4. The highest BCUT2D eigenvalue weighted by atomic mass is 14.9. The average Bonchev–Trinajstić information content (AvgIpc) is 3.36. The van der Waals surface area contributed by atoms with E-state index in [9.17, 15) is 0 Å². The fourth-order valence-corrected chi connectivity index (χ4v) is 9.35. The fourth-order valence-electron chi connectivity index (χ4n) is 9.35. The number of nitrogens with zero attached hydrogens (tertiary/aromatic N) is 4. The smallest absolute Gasteiger partial charge is 0.163 e. The molecule has 0 aliphatic heterocycles. The van der Waals surface area contributed by atoms with Crippen molar-refractivity contribution in [3.8, 4) is 45.3 Å². The van der Waals surface area contributed by atoms with Crippen LogP contribution in [0.25, 0.3) is 121 Å². The highest BCUT2D eigenvalue weighted by molar-refractivity contribution is 6.38. The minimum Gasteiger partial charge on any atom is -0.236 e. The van der Waals surface area contributed by atoms with Gasteiger partial charge in [-0.3, -0.25) is 0 Å². The van der Waals surface area contributed by atoms with Crippen LogP contribution in [0.3, 0.4) is 0 Å². The Labute approximate surface area is 357 Å². The number of aromatic nitrogens is 4. The summed E-state index contributed by atoms with van der Waals surface area (Å²) in [6.07, 6.45) is 3.66. The maximum absolute atomic E-state index is 5.31. The third kappa shape index (κ3) is 5.92. The predicted octanol–water partition coefficient (Wildman–Crippen LogP) is 15.1. The monoisotopic (exact) mass is 788 g/mol. The van der Waals surface area contributed by atoms with Crippen molar-refractivity contribution in [3.63, 3.8) is 0 Å². The van der Waals surface area contributed by atoms with Crippen molar-refractivity contribution in [1.82, 2.24) is 19.9 Å². The summed E-state index contributed by atoms with van der Waals surface area (Å²) in [5.74, 6) is 1.22. The first-order valence-corrected chi connectivity index (χ1v) is 21.0. The SMILES string of the molecule is c1ccc(-c2cc(-c3ccc4c5ccccc5c5ccccc5c5ccccc5c5c6ccccc6c6ccccc6c5c4c3)nc(-c3cnc(-c4ccccc4)nc3)n2)cc1. The lowest BCUT2D eigenvalue weighted by Gasteiger charge is -2.15. The van der Waals surface area contributed by atoms with E-state index in [4.69, 9.17) is 19.9 Å². The van der Waals surface area contributed by atoms with E-state index in [2.05, 4.69) is 158 Å². The van der Waals surface area contributed by atoms with Crippen LogP contribution in [-0.2, 0) is 0 Å². The molecule has 2 aromatic heterocycles. The molecule has 0 radical (unpaired) electrons. The second-order valence-electron chi connectivity index (χ2n) is 15.7. The number of fused-ring (bicyclic) bond motifs is 15. The standard InChI is InChI=1S/C58H36N4/c1-3-17-37(18-4-1)53-34-54(62-58(61-53)40-35-59-57(60-36-40)38-19-5-2-6-20-38)39-31-32-48-44-24-10-8-22-42(44)41-21-7-9-23-43(41)45-25-11-14-28-49(45)55-50-29-15-12-26-46(50)47-27-13-16-30-51(47)56(55)52(48)33-39/h1-36H. The van der Waals surface area contributed by atoms with Gasteiger partial charge in [-0.2, -0.15) is 0 Å². The molecule has 288 valence electrons. The van der Waals surface area contributed by atoms with E-state index in [1.165, 1.54) is 64.6 Å². The predicted molar refractivity (Wildman–Crippen MR) is 260 cm³/mol. The zero-order valence-corrected chi connectivity index (χ0v) is 33.6. The molecule has 4 heteroatoms. The lowest BCUT2D eigenvalue weighted by atomic mass is 9.88. The molecule has 4 nitrogen and oxygen atoms in total. The maximum Gasteiger partial charge on any atom is 0.163 e. The molecule has 0 bridgehead atoms. The number of hydrogen-bond donors (Lipinski definition) is 0. The third-order valence-corrected chi connectivity index (χ3v) is 12.2. The van der Waals surface area contributed by atoms with Crippen molar-refractivity contribution in [3.05, 3.63) is 219 Å². The summed E-state index contributed by atoms with van der Waals surface area (Å²) < 4.78 is 0. The van der Waals surface area contributed by atoms with Gasteiger partial charge in [0.2, 0.25) is 0 Å². The molecule has 10 aromatic carbocycles. The van der Waals surface area contributed by atoms with E-state index >= 15 is 0 Å². The molecule has 0 saturated carbocycles. The molecule has 0 unspecified atom stereocenters. The minimum atomic E-state index is 0.564. The Morgan fingerprint density at radius 3 is 1.05 bits per heavy atom. The van der Waals surface area contributed by atoms with Gasteiger partial charge < -0.3 is 0 Å². The molecule has 12 rings (SSSR count). The van der Waals surface area contributed by atoms with E-state index in [0.717, 1.165) is 44.4 Å².